The molecule has 0 aliphatic carbocycles. The van der Waals surface area contributed by atoms with Gasteiger partial charge in [-0.05, 0) is 24.3 Å². The molecule has 0 amide bonds. The Balaban J connectivity index is 2.07. The minimum absolute atomic E-state index is 0.0982. The summed E-state index contributed by atoms with van der Waals surface area (Å²) in [4.78, 5) is 19.5. The lowest BCUT2D eigenvalue weighted by molar-refractivity contribution is 0.0691. The van der Waals surface area contributed by atoms with E-state index in [0.717, 1.165) is 5.69 Å². The van der Waals surface area contributed by atoms with Gasteiger partial charge < -0.3 is 5.11 Å². The van der Waals surface area contributed by atoms with Crippen LogP contribution in [0.4, 0.5) is 0 Å². The lowest BCUT2D eigenvalue weighted by Crippen LogP contribution is -2.07. The molecule has 1 N–H and O–H groups in total. The lowest BCUT2D eigenvalue weighted by atomic mass is 10.1. The molecule has 104 valence electrons. The van der Waals surface area contributed by atoms with Gasteiger partial charge in [0.05, 0.1) is 12.2 Å². The molecule has 0 aliphatic heterocycles. The summed E-state index contributed by atoms with van der Waals surface area (Å²) in [6.07, 6.45) is 4.88. The van der Waals surface area contributed by atoms with Crippen molar-refractivity contribution in [3.8, 4) is 11.3 Å². The van der Waals surface area contributed by atoms with Crippen molar-refractivity contribution in [1.82, 2.24) is 25.0 Å². The van der Waals surface area contributed by atoms with E-state index in [1.165, 1.54) is 4.68 Å². The number of pyridine rings is 2. The second kappa shape index (κ2) is 5.49. The van der Waals surface area contributed by atoms with Gasteiger partial charge in [-0.3, -0.25) is 9.97 Å². The Morgan fingerprint density at radius 2 is 2.10 bits per heavy atom. The van der Waals surface area contributed by atoms with Crippen LogP contribution in [0.25, 0.3) is 11.3 Å². The van der Waals surface area contributed by atoms with Crippen molar-refractivity contribution in [3.63, 3.8) is 0 Å². The van der Waals surface area contributed by atoms with Gasteiger partial charge in [0.2, 0.25) is 0 Å². The first-order valence-electron chi connectivity index (χ1n) is 6.23. The predicted molar refractivity (Wildman–Crippen MR) is 73.6 cm³/mol. The number of aromatic nitrogens is 5. The fraction of sp³-hybridized carbons (Fsp3) is 0.0714. The van der Waals surface area contributed by atoms with Crippen LogP contribution in [0.3, 0.4) is 0 Å². The van der Waals surface area contributed by atoms with Gasteiger partial charge in [0.1, 0.15) is 5.69 Å². The minimum Gasteiger partial charge on any atom is -0.476 e. The van der Waals surface area contributed by atoms with Crippen molar-refractivity contribution in [2.24, 2.45) is 0 Å². The minimum atomic E-state index is -1.12. The largest absolute Gasteiger partial charge is 0.476 e. The zero-order chi connectivity index (χ0) is 14.7. The number of carboxylic acid groups (broad SMARTS) is 1. The number of rotatable bonds is 4. The van der Waals surface area contributed by atoms with Crippen LogP contribution in [-0.4, -0.2) is 36.0 Å². The summed E-state index contributed by atoms with van der Waals surface area (Å²) < 4.78 is 1.52. The number of aromatic carboxylic acids is 1. The topological polar surface area (TPSA) is 93.8 Å². The highest BCUT2D eigenvalue weighted by atomic mass is 16.4. The maximum atomic E-state index is 11.3. The second-order valence-corrected chi connectivity index (χ2v) is 4.31. The third-order valence-electron chi connectivity index (χ3n) is 2.91. The van der Waals surface area contributed by atoms with Gasteiger partial charge in [-0.2, -0.15) is 0 Å². The molecule has 3 heterocycles. The summed E-state index contributed by atoms with van der Waals surface area (Å²) in [5, 5.41) is 16.9. The summed E-state index contributed by atoms with van der Waals surface area (Å²) in [6, 6.07) is 9.03. The van der Waals surface area contributed by atoms with E-state index in [1.54, 1.807) is 30.7 Å². The highest BCUT2D eigenvalue weighted by molar-refractivity contribution is 5.92. The third-order valence-corrected chi connectivity index (χ3v) is 2.91. The third kappa shape index (κ3) is 2.62. The summed E-state index contributed by atoms with van der Waals surface area (Å²) >= 11 is 0. The van der Waals surface area contributed by atoms with Crippen molar-refractivity contribution in [2.45, 2.75) is 6.54 Å². The standard InChI is InChI=1S/C14H11N5O2/c20-14(21)12-13(10-4-3-6-15-8-10)19(18-17-12)9-11-5-1-2-7-16-11/h1-8H,9H2,(H,20,21). The molecule has 21 heavy (non-hydrogen) atoms. The SMILES string of the molecule is O=C(O)c1nnn(Cc2ccccn2)c1-c1cccnc1. The Kier molecular flexibility index (Phi) is 3.38. The molecule has 7 heteroatoms. The zero-order valence-corrected chi connectivity index (χ0v) is 10.9. The molecule has 0 saturated heterocycles. The molecule has 7 nitrogen and oxygen atoms in total. The number of nitrogens with zero attached hydrogens (tertiary/aromatic N) is 5. The predicted octanol–water partition coefficient (Wildman–Crippen LogP) is 1.48. The van der Waals surface area contributed by atoms with Gasteiger partial charge in [-0.25, -0.2) is 9.48 Å². The van der Waals surface area contributed by atoms with Gasteiger partial charge in [0.25, 0.3) is 0 Å². The van der Waals surface area contributed by atoms with Crippen LogP contribution in [-0.2, 0) is 6.54 Å². The van der Waals surface area contributed by atoms with Crippen LogP contribution in [0.5, 0.6) is 0 Å². The molecule has 3 rings (SSSR count). The number of carbonyl (C=O) groups is 1. The molecule has 3 aromatic rings. The van der Waals surface area contributed by atoms with Crippen molar-refractivity contribution in [3.05, 3.63) is 60.3 Å². The van der Waals surface area contributed by atoms with E-state index in [2.05, 4.69) is 20.3 Å². The average molecular weight is 281 g/mol. The van der Waals surface area contributed by atoms with Gasteiger partial charge in [-0.15, -0.1) is 5.10 Å². The van der Waals surface area contributed by atoms with Crippen molar-refractivity contribution in [1.29, 1.82) is 0 Å². The lowest BCUT2D eigenvalue weighted by Gasteiger charge is -2.06. The molecule has 0 radical (unpaired) electrons. The van der Waals surface area contributed by atoms with Gasteiger partial charge in [-0.1, -0.05) is 11.3 Å². The highest BCUT2D eigenvalue weighted by Gasteiger charge is 2.20. The van der Waals surface area contributed by atoms with Crippen LogP contribution in [0.1, 0.15) is 16.2 Å². The molecule has 0 bridgehead atoms. The second-order valence-electron chi connectivity index (χ2n) is 4.31. The van der Waals surface area contributed by atoms with E-state index in [9.17, 15) is 9.90 Å². The van der Waals surface area contributed by atoms with Crippen LogP contribution >= 0.6 is 0 Å². The normalized spacial score (nSPS) is 10.5. The highest BCUT2D eigenvalue weighted by Crippen LogP contribution is 2.21. The summed E-state index contributed by atoms with van der Waals surface area (Å²) in [6.45, 7) is 0.339. The van der Waals surface area contributed by atoms with Crippen molar-refractivity contribution in [2.75, 3.05) is 0 Å². The van der Waals surface area contributed by atoms with E-state index in [0.29, 0.717) is 17.8 Å². The maximum absolute atomic E-state index is 11.3. The average Bonchev–Trinajstić information content (AvgIpc) is 2.93. The van der Waals surface area contributed by atoms with Gasteiger partial charge in [0, 0.05) is 24.2 Å². The monoisotopic (exact) mass is 281 g/mol. The molecule has 0 saturated carbocycles. The molecule has 0 unspecified atom stereocenters. The Labute approximate surface area is 119 Å². The number of carboxylic acids is 1. The zero-order valence-electron chi connectivity index (χ0n) is 10.9. The van der Waals surface area contributed by atoms with Crippen molar-refractivity contribution >= 4 is 5.97 Å². The van der Waals surface area contributed by atoms with Crippen molar-refractivity contribution < 1.29 is 9.90 Å². The number of hydrogen-bond acceptors (Lipinski definition) is 5. The molecule has 3 aromatic heterocycles. The van der Waals surface area contributed by atoms with Gasteiger partial charge >= 0.3 is 5.97 Å². The molecule has 0 atom stereocenters. The van der Waals surface area contributed by atoms with E-state index in [4.69, 9.17) is 0 Å². The molecule has 0 aliphatic rings. The Hall–Kier alpha value is -3.09. The summed E-state index contributed by atoms with van der Waals surface area (Å²) in [5.74, 6) is -1.12. The number of hydrogen-bond donors (Lipinski definition) is 1. The Morgan fingerprint density at radius 3 is 2.76 bits per heavy atom. The van der Waals surface area contributed by atoms with Gasteiger partial charge in [0.15, 0.2) is 5.69 Å². The van der Waals surface area contributed by atoms with Crippen LogP contribution in [0.15, 0.2) is 48.9 Å². The first-order valence-corrected chi connectivity index (χ1v) is 6.23. The molecular weight excluding hydrogens is 270 g/mol. The van der Waals surface area contributed by atoms with E-state index in [1.807, 2.05) is 18.2 Å². The summed E-state index contributed by atoms with van der Waals surface area (Å²) in [5.41, 5.74) is 1.74. The first kappa shape index (κ1) is 12.9. The molecule has 0 fully saturated rings. The molecular formula is C14H11N5O2. The Bertz CT molecular complexity index is 756. The van der Waals surface area contributed by atoms with Crippen LogP contribution in [0, 0.1) is 0 Å². The van der Waals surface area contributed by atoms with Crippen LogP contribution < -0.4 is 0 Å². The summed E-state index contributed by atoms with van der Waals surface area (Å²) in [7, 11) is 0. The maximum Gasteiger partial charge on any atom is 0.358 e. The fourth-order valence-corrected chi connectivity index (χ4v) is 2.00. The molecule has 0 aromatic carbocycles. The van der Waals surface area contributed by atoms with E-state index in [-0.39, 0.29) is 5.69 Å². The van der Waals surface area contributed by atoms with E-state index >= 15 is 0 Å². The van der Waals surface area contributed by atoms with Crippen LogP contribution in [0.2, 0.25) is 0 Å². The molecule has 0 spiro atoms. The van der Waals surface area contributed by atoms with E-state index < -0.39 is 5.97 Å². The smallest absolute Gasteiger partial charge is 0.358 e. The Morgan fingerprint density at radius 1 is 1.19 bits per heavy atom. The first-order chi connectivity index (χ1) is 10.3. The quantitative estimate of drug-likeness (QED) is 0.778. The fourth-order valence-electron chi connectivity index (χ4n) is 2.00.